The van der Waals surface area contributed by atoms with E-state index >= 15 is 0 Å². The second-order valence-corrected chi connectivity index (χ2v) is 8.71. The molecule has 0 saturated carbocycles. The molecule has 1 N–H and O–H groups in total. The summed E-state index contributed by atoms with van der Waals surface area (Å²) >= 11 is 0. The Labute approximate surface area is 165 Å². The topological polar surface area (TPSA) is 51.1 Å². The molecule has 5 heteroatoms. The molecular weight excluding hydrogens is 368 g/mol. The number of aryl methyl sites for hydroxylation is 1. The first-order chi connectivity index (χ1) is 13.5. The van der Waals surface area contributed by atoms with E-state index in [1.54, 1.807) is 12.1 Å². The number of aromatic nitrogens is 1. The zero-order chi connectivity index (χ0) is 19.6. The van der Waals surface area contributed by atoms with Crippen molar-refractivity contribution in [2.24, 2.45) is 0 Å². The van der Waals surface area contributed by atoms with Crippen LogP contribution in [0.3, 0.4) is 0 Å². The molecule has 0 unspecified atom stereocenters. The molecule has 1 aromatic heterocycles. The highest BCUT2D eigenvalue weighted by molar-refractivity contribution is 7.89. The number of nitrogens with zero attached hydrogens (tertiary/aromatic N) is 1. The van der Waals surface area contributed by atoms with Crippen molar-refractivity contribution in [1.82, 2.24) is 9.29 Å². The summed E-state index contributed by atoms with van der Waals surface area (Å²) in [5.41, 5.74) is 3.32. The molecule has 1 heterocycles. The van der Waals surface area contributed by atoms with Gasteiger partial charge in [-0.15, -0.1) is 0 Å². The summed E-state index contributed by atoms with van der Waals surface area (Å²) < 4.78 is 30.3. The number of nitrogens with one attached hydrogen (secondary N) is 1. The Kier molecular flexibility index (Phi) is 5.03. The Morgan fingerprint density at radius 2 is 1.61 bits per heavy atom. The van der Waals surface area contributed by atoms with Crippen LogP contribution in [0.2, 0.25) is 0 Å². The summed E-state index contributed by atoms with van der Waals surface area (Å²) in [5, 5.41) is 1.93. The first kappa shape index (κ1) is 18.5. The lowest BCUT2D eigenvalue weighted by atomic mass is 10.1. The van der Waals surface area contributed by atoms with E-state index in [-0.39, 0.29) is 11.4 Å². The van der Waals surface area contributed by atoms with Crippen molar-refractivity contribution in [3.63, 3.8) is 0 Å². The number of rotatable bonds is 6. The van der Waals surface area contributed by atoms with E-state index in [0.29, 0.717) is 6.54 Å². The van der Waals surface area contributed by atoms with Crippen LogP contribution in [0.25, 0.3) is 10.8 Å². The van der Waals surface area contributed by atoms with Gasteiger partial charge < -0.3 is 4.57 Å². The van der Waals surface area contributed by atoms with Gasteiger partial charge in [-0.3, -0.25) is 0 Å². The third-order valence-corrected chi connectivity index (χ3v) is 6.27. The summed E-state index contributed by atoms with van der Waals surface area (Å²) in [5.74, 6) is 0. The van der Waals surface area contributed by atoms with Crippen molar-refractivity contribution in [2.45, 2.75) is 24.9 Å². The quantitative estimate of drug-likeness (QED) is 0.528. The highest BCUT2D eigenvalue weighted by Crippen LogP contribution is 2.19. The number of hydrogen-bond acceptors (Lipinski definition) is 2. The van der Waals surface area contributed by atoms with Crippen molar-refractivity contribution in [2.75, 3.05) is 0 Å². The van der Waals surface area contributed by atoms with Crippen molar-refractivity contribution in [1.29, 1.82) is 0 Å². The van der Waals surface area contributed by atoms with Crippen LogP contribution in [0.1, 0.15) is 16.8 Å². The molecule has 3 aromatic carbocycles. The van der Waals surface area contributed by atoms with Gasteiger partial charge in [0.05, 0.1) is 11.4 Å². The van der Waals surface area contributed by atoms with Gasteiger partial charge in [0.15, 0.2) is 0 Å². The van der Waals surface area contributed by atoms with Crippen LogP contribution < -0.4 is 4.72 Å². The minimum absolute atomic E-state index is 0.244. The maximum absolute atomic E-state index is 12.8. The summed E-state index contributed by atoms with van der Waals surface area (Å²) in [6.45, 7) is 3.01. The van der Waals surface area contributed by atoms with Gasteiger partial charge in [-0.05, 0) is 47.5 Å². The second-order valence-electron chi connectivity index (χ2n) is 6.95. The van der Waals surface area contributed by atoms with Gasteiger partial charge in [0.2, 0.25) is 10.0 Å². The van der Waals surface area contributed by atoms with Crippen molar-refractivity contribution < 1.29 is 8.42 Å². The number of benzene rings is 3. The number of hydrogen-bond donors (Lipinski definition) is 1. The molecule has 0 aliphatic rings. The van der Waals surface area contributed by atoms with Crippen LogP contribution in [0.5, 0.6) is 0 Å². The van der Waals surface area contributed by atoms with Gasteiger partial charge in [-0.25, -0.2) is 13.1 Å². The summed E-state index contributed by atoms with van der Waals surface area (Å²) in [6, 6.07) is 25.2. The van der Waals surface area contributed by atoms with Crippen LogP contribution >= 0.6 is 0 Å². The van der Waals surface area contributed by atoms with Crippen LogP contribution in [-0.2, 0) is 23.1 Å². The molecule has 0 saturated heterocycles. The molecule has 0 aliphatic heterocycles. The Balaban J connectivity index is 1.50. The van der Waals surface area contributed by atoms with Crippen LogP contribution in [0, 0.1) is 6.92 Å². The van der Waals surface area contributed by atoms with Gasteiger partial charge in [-0.1, -0.05) is 60.2 Å². The Bertz CT molecular complexity index is 1210. The maximum Gasteiger partial charge on any atom is 0.240 e. The Morgan fingerprint density at radius 1 is 0.857 bits per heavy atom. The second kappa shape index (κ2) is 7.62. The Morgan fingerprint density at radius 3 is 2.39 bits per heavy atom. The van der Waals surface area contributed by atoms with E-state index in [4.69, 9.17) is 0 Å². The van der Waals surface area contributed by atoms with E-state index in [2.05, 4.69) is 40.5 Å². The standard InChI is InChI=1S/C23H22N2O2S/c1-18-8-10-19(11-9-18)17-25-14-4-7-22(25)16-24-28(26,27)23-13-12-20-5-2-3-6-21(20)15-23/h2-15,24H,16-17H2,1H3. The normalized spacial score (nSPS) is 11.8. The summed E-state index contributed by atoms with van der Waals surface area (Å²) in [6.07, 6.45) is 1.97. The van der Waals surface area contributed by atoms with E-state index in [0.717, 1.165) is 16.5 Å². The third kappa shape index (κ3) is 4.01. The molecule has 28 heavy (non-hydrogen) atoms. The van der Waals surface area contributed by atoms with Crippen LogP contribution in [0.15, 0.2) is 90.0 Å². The molecule has 0 amide bonds. The Hall–Kier alpha value is -2.89. The van der Waals surface area contributed by atoms with Crippen molar-refractivity contribution in [3.05, 3.63) is 102 Å². The van der Waals surface area contributed by atoms with Crippen LogP contribution in [-0.4, -0.2) is 13.0 Å². The van der Waals surface area contributed by atoms with E-state index in [1.165, 1.54) is 11.1 Å². The SMILES string of the molecule is Cc1ccc(Cn2cccc2CNS(=O)(=O)c2ccc3ccccc3c2)cc1. The van der Waals surface area contributed by atoms with E-state index < -0.39 is 10.0 Å². The minimum atomic E-state index is -3.59. The fraction of sp³-hybridized carbons (Fsp3) is 0.130. The molecule has 142 valence electrons. The molecule has 0 radical (unpaired) electrons. The van der Waals surface area contributed by atoms with Gasteiger partial charge in [0.1, 0.15) is 0 Å². The largest absolute Gasteiger partial charge is 0.346 e. The molecule has 0 spiro atoms. The highest BCUT2D eigenvalue weighted by Gasteiger charge is 2.15. The number of sulfonamides is 1. The van der Waals surface area contributed by atoms with Crippen LogP contribution in [0.4, 0.5) is 0 Å². The predicted octanol–water partition coefficient (Wildman–Crippen LogP) is 4.48. The molecule has 4 nitrogen and oxygen atoms in total. The average Bonchev–Trinajstić information content (AvgIpc) is 3.15. The molecule has 0 atom stereocenters. The smallest absolute Gasteiger partial charge is 0.240 e. The van der Waals surface area contributed by atoms with E-state index in [9.17, 15) is 8.42 Å². The van der Waals surface area contributed by atoms with Gasteiger partial charge in [0, 0.05) is 18.4 Å². The first-order valence-corrected chi connectivity index (χ1v) is 10.7. The van der Waals surface area contributed by atoms with E-state index in [1.807, 2.05) is 48.7 Å². The first-order valence-electron chi connectivity index (χ1n) is 9.19. The lowest BCUT2D eigenvalue weighted by Gasteiger charge is -2.12. The molecular formula is C23H22N2O2S. The highest BCUT2D eigenvalue weighted by atomic mass is 32.2. The minimum Gasteiger partial charge on any atom is -0.346 e. The molecule has 0 aliphatic carbocycles. The van der Waals surface area contributed by atoms with Gasteiger partial charge in [0.25, 0.3) is 0 Å². The fourth-order valence-electron chi connectivity index (χ4n) is 3.24. The summed E-state index contributed by atoms with van der Waals surface area (Å²) in [4.78, 5) is 0.280. The lowest BCUT2D eigenvalue weighted by molar-refractivity contribution is 0.578. The zero-order valence-corrected chi connectivity index (χ0v) is 16.5. The third-order valence-electron chi connectivity index (χ3n) is 4.87. The van der Waals surface area contributed by atoms with Gasteiger partial charge >= 0.3 is 0 Å². The monoisotopic (exact) mass is 390 g/mol. The van der Waals surface area contributed by atoms with Crippen molar-refractivity contribution >= 4 is 20.8 Å². The predicted molar refractivity (Wildman–Crippen MR) is 113 cm³/mol. The molecule has 4 rings (SSSR count). The molecule has 4 aromatic rings. The van der Waals surface area contributed by atoms with Crippen molar-refractivity contribution in [3.8, 4) is 0 Å². The summed E-state index contributed by atoms with van der Waals surface area (Å²) in [7, 11) is -3.59. The molecule has 0 bridgehead atoms. The number of fused-ring (bicyclic) bond motifs is 1. The van der Waals surface area contributed by atoms with Gasteiger partial charge in [-0.2, -0.15) is 0 Å². The fourth-order valence-corrected chi connectivity index (χ4v) is 4.28. The zero-order valence-electron chi connectivity index (χ0n) is 15.7. The lowest BCUT2D eigenvalue weighted by Crippen LogP contribution is -2.24. The maximum atomic E-state index is 12.8. The molecule has 0 fully saturated rings. The average molecular weight is 391 g/mol.